The lowest BCUT2D eigenvalue weighted by Gasteiger charge is -2.24. The van der Waals surface area contributed by atoms with Crippen molar-refractivity contribution in [3.8, 4) is 0 Å². The van der Waals surface area contributed by atoms with Crippen LogP contribution in [0.4, 0.5) is 4.79 Å². The van der Waals surface area contributed by atoms with E-state index in [2.05, 4.69) is 0 Å². The number of hydrogen-bond donors (Lipinski definition) is 1. The summed E-state index contributed by atoms with van der Waals surface area (Å²) in [5.41, 5.74) is 0.297. The fraction of sp³-hybridized carbons (Fsp3) is 0.556. The molecule has 2 unspecified atom stereocenters. The zero-order chi connectivity index (χ0) is 17.7. The number of aliphatic hydroxyl groups is 1. The average Bonchev–Trinajstić information content (AvgIpc) is 2.96. The SMILES string of the molecule is CC(C)(C)OC(=O)N1CC(CO)C(C(=O)OCc2ccccc2)C1. The second kappa shape index (κ2) is 7.66. The van der Waals surface area contributed by atoms with Gasteiger partial charge in [-0.1, -0.05) is 30.3 Å². The number of esters is 1. The Morgan fingerprint density at radius 3 is 2.46 bits per heavy atom. The van der Waals surface area contributed by atoms with Crippen LogP contribution in [0.1, 0.15) is 26.3 Å². The van der Waals surface area contributed by atoms with Crippen LogP contribution in [-0.4, -0.2) is 47.4 Å². The van der Waals surface area contributed by atoms with Gasteiger partial charge in [-0.05, 0) is 26.3 Å². The molecular formula is C18H25NO5. The van der Waals surface area contributed by atoms with Gasteiger partial charge in [0.2, 0.25) is 0 Å². The molecule has 1 aromatic rings. The summed E-state index contributed by atoms with van der Waals surface area (Å²) in [6.07, 6.45) is -0.473. The Morgan fingerprint density at radius 1 is 1.21 bits per heavy atom. The number of nitrogens with zero attached hydrogens (tertiary/aromatic N) is 1. The monoisotopic (exact) mass is 335 g/mol. The van der Waals surface area contributed by atoms with Gasteiger partial charge in [0.25, 0.3) is 0 Å². The Hall–Kier alpha value is -2.08. The molecule has 24 heavy (non-hydrogen) atoms. The van der Waals surface area contributed by atoms with Crippen molar-refractivity contribution in [2.24, 2.45) is 11.8 Å². The summed E-state index contributed by atoms with van der Waals surface area (Å²) in [5, 5.41) is 9.52. The molecule has 1 aromatic carbocycles. The van der Waals surface area contributed by atoms with Gasteiger partial charge in [-0.3, -0.25) is 4.79 Å². The van der Waals surface area contributed by atoms with Crippen LogP contribution in [0, 0.1) is 11.8 Å². The van der Waals surface area contributed by atoms with Crippen LogP contribution in [0.15, 0.2) is 30.3 Å². The third-order valence-electron chi connectivity index (χ3n) is 3.85. The van der Waals surface area contributed by atoms with Gasteiger partial charge in [0.15, 0.2) is 0 Å². The van der Waals surface area contributed by atoms with Crippen LogP contribution in [-0.2, 0) is 20.9 Å². The summed E-state index contributed by atoms with van der Waals surface area (Å²) >= 11 is 0. The van der Waals surface area contributed by atoms with Gasteiger partial charge in [-0.15, -0.1) is 0 Å². The van der Waals surface area contributed by atoms with Crippen molar-refractivity contribution < 1.29 is 24.2 Å². The number of benzene rings is 1. The fourth-order valence-electron chi connectivity index (χ4n) is 2.63. The quantitative estimate of drug-likeness (QED) is 0.854. The molecule has 0 saturated carbocycles. The number of carbonyl (C=O) groups is 2. The fourth-order valence-corrected chi connectivity index (χ4v) is 2.63. The van der Waals surface area contributed by atoms with Crippen LogP contribution >= 0.6 is 0 Å². The summed E-state index contributed by atoms with van der Waals surface area (Å²) in [4.78, 5) is 25.9. The molecule has 6 nitrogen and oxygen atoms in total. The molecule has 2 rings (SSSR count). The van der Waals surface area contributed by atoms with Crippen LogP contribution in [0.3, 0.4) is 0 Å². The highest BCUT2D eigenvalue weighted by atomic mass is 16.6. The molecule has 132 valence electrons. The molecule has 1 fully saturated rings. The number of rotatable bonds is 4. The molecule has 1 amide bonds. The first-order chi connectivity index (χ1) is 11.3. The average molecular weight is 335 g/mol. The Morgan fingerprint density at radius 2 is 1.88 bits per heavy atom. The number of ether oxygens (including phenoxy) is 2. The zero-order valence-corrected chi connectivity index (χ0v) is 14.4. The Labute approximate surface area is 142 Å². The van der Waals surface area contributed by atoms with Crippen molar-refractivity contribution in [1.29, 1.82) is 0 Å². The summed E-state index contributed by atoms with van der Waals surface area (Å²) in [6, 6.07) is 9.39. The predicted octanol–water partition coefficient (Wildman–Crippen LogP) is 2.21. The van der Waals surface area contributed by atoms with E-state index in [9.17, 15) is 14.7 Å². The minimum absolute atomic E-state index is 0.176. The molecule has 1 aliphatic rings. The van der Waals surface area contributed by atoms with E-state index in [0.29, 0.717) is 0 Å². The maximum Gasteiger partial charge on any atom is 0.410 e. The lowest BCUT2D eigenvalue weighted by molar-refractivity contribution is -0.151. The van der Waals surface area contributed by atoms with Gasteiger partial charge < -0.3 is 19.5 Å². The Balaban J connectivity index is 1.93. The van der Waals surface area contributed by atoms with Gasteiger partial charge in [-0.2, -0.15) is 0 Å². The van der Waals surface area contributed by atoms with Gasteiger partial charge in [-0.25, -0.2) is 4.79 Å². The van der Waals surface area contributed by atoms with Gasteiger partial charge >= 0.3 is 12.1 Å². The van der Waals surface area contributed by atoms with E-state index in [-0.39, 0.29) is 32.2 Å². The van der Waals surface area contributed by atoms with E-state index in [1.54, 1.807) is 20.8 Å². The minimum atomic E-state index is -0.600. The zero-order valence-electron chi connectivity index (χ0n) is 14.4. The third kappa shape index (κ3) is 4.96. The molecule has 0 radical (unpaired) electrons. The van der Waals surface area contributed by atoms with E-state index >= 15 is 0 Å². The molecule has 0 aliphatic carbocycles. The van der Waals surface area contributed by atoms with Crippen molar-refractivity contribution in [2.75, 3.05) is 19.7 Å². The predicted molar refractivity (Wildman–Crippen MR) is 88.1 cm³/mol. The number of carbonyl (C=O) groups excluding carboxylic acids is 2. The van der Waals surface area contributed by atoms with Gasteiger partial charge in [0, 0.05) is 25.6 Å². The number of likely N-dealkylation sites (tertiary alicyclic amines) is 1. The molecule has 6 heteroatoms. The molecule has 1 aliphatic heterocycles. The number of aliphatic hydroxyl groups excluding tert-OH is 1. The highest BCUT2D eigenvalue weighted by Crippen LogP contribution is 2.26. The van der Waals surface area contributed by atoms with Gasteiger partial charge in [0.1, 0.15) is 12.2 Å². The molecule has 1 saturated heterocycles. The van der Waals surface area contributed by atoms with Crippen molar-refractivity contribution in [2.45, 2.75) is 33.0 Å². The maximum atomic E-state index is 12.3. The van der Waals surface area contributed by atoms with Crippen LogP contribution in [0.5, 0.6) is 0 Å². The van der Waals surface area contributed by atoms with E-state index in [1.165, 1.54) is 4.90 Å². The molecule has 0 spiro atoms. The van der Waals surface area contributed by atoms with Crippen LogP contribution in [0.2, 0.25) is 0 Å². The summed E-state index contributed by atoms with van der Waals surface area (Å²) < 4.78 is 10.7. The highest BCUT2D eigenvalue weighted by molar-refractivity contribution is 5.76. The lowest BCUT2D eigenvalue weighted by Crippen LogP contribution is -2.36. The molecule has 1 N–H and O–H groups in total. The van der Waals surface area contributed by atoms with Crippen molar-refractivity contribution >= 4 is 12.1 Å². The topological polar surface area (TPSA) is 76.1 Å². The largest absolute Gasteiger partial charge is 0.461 e. The minimum Gasteiger partial charge on any atom is -0.461 e. The van der Waals surface area contributed by atoms with Crippen molar-refractivity contribution in [3.63, 3.8) is 0 Å². The lowest BCUT2D eigenvalue weighted by atomic mass is 9.97. The first-order valence-electron chi connectivity index (χ1n) is 8.09. The van der Waals surface area contributed by atoms with Gasteiger partial charge in [0.05, 0.1) is 5.92 Å². The first kappa shape index (κ1) is 18.3. The second-order valence-electron chi connectivity index (χ2n) is 7.03. The molecule has 0 aromatic heterocycles. The number of hydrogen-bond acceptors (Lipinski definition) is 5. The van der Waals surface area contributed by atoms with E-state index in [0.717, 1.165) is 5.56 Å². The first-order valence-corrected chi connectivity index (χ1v) is 8.09. The molecular weight excluding hydrogens is 310 g/mol. The van der Waals surface area contributed by atoms with E-state index in [4.69, 9.17) is 9.47 Å². The van der Waals surface area contributed by atoms with Crippen LogP contribution in [0.25, 0.3) is 0 Å². The van der Waals surface area contributed by atoms with E-state index in [1.807, 2.05) is 30.3 Å². The Bertz CT molecular complexity index is 567. The standard InChI is InChI=1S/C18H25NO5/c1-18(2,3)24-17(22)19-9-14(11-20)15(10-19)16(21)23-12-13-7-5-4-6-8-13/h4-8,14-15,20H,9-12H2,1-3H3. The maximum absolute atomic E-state index is 12.3. The van der Waals surface area contributed by atoms with E-state index < -0.39 is 23.6 Å². The van der Waals surface area contributed by atoms with Crippen molar-refractivity contribution in [3.05, 3.63) is 35.9 Å². The van der Waals surface area contributed by atoms with Crippen LogP contribution < -0.4 is 0 Å². The Kier molecular flexibility index (Phi) is 5.83. The molecule has 1 heterocycles. The summed E-state index contributed by atoms with van der Waals surface area (Å²) in [6.45, 7) is 5.86. The second-order valence-corrected chi connectivity index (χ2v) is 7.03. The normalized spacial score (nSPS) is 20.8. The third-order valence-corrected chi connectivity index (χ3v) is 3.85. The van der Waals surface area contributed by atoms with Crippen molar-refractivity contribution in [1.82, 2.24) is 4.90 Å². The number of amides is 1. The smallest absolute Gasteiger partial charge is 0.410 e. The molecule has 2 atom stereocenters. The summed E-state index contributed by atoms with van der Waals surface area (Å²) in [7, 11) is 0. The summed E-state index contributed by atoms with van der Waals surface area (Å²) in [5.74, 6) is -1.27. The highest BCUT2D eigenvalue weighted by Gasteiger charge is 2.41. The molecule has 0 bridgehead atoms.